The van der Waals surface area contributed by atoms with Crippen LogP contribution in [0, 0.1) is 6.92 Å². The van der Waals surface area contributed by atoms with Crippen LogP contribution in [-0.4, -0.2) is 31.8 Å². The van der Waals surface area contributed by atoms with Crippen molar-refractivity contribution in [2.24, 2.45) is 0 Å². The maximum atomic E-state index is 5.09. The minimum absolute atomic E-state index is 0.525. The molecule has 0 aliphatic carbocycles. The second-order valence-corrected chi connectivity index (χ2v) is 3.76. The number of ether oxygens (including phenoxy) is 1. The molecule has 2 heterocycles. The van der Waals surface area contributed by atoms with E-state index in [0.29, 0.717) is 18.4 Å². The highest BCUT2D eigenvalue weighted by Crippen LogP contribution is 2.11. The lowest BCUT2D eigenvalue weighted by Gasteiger charge is -2.07. The van der Waals surface area contributed by atoms with Gasteiger partial charge in [0.15, 0.2) is 5.82 Å². The maximum Gasteiger partial charge on any atom is 0.226 e. The van der Waals surface area contributed by atoms with Crippen LogP contribution in [0.1, 0.15) is 18.4 Å². The molecule has 0 aliphatic heterocycles. The number of hydrogen-bond acceptors (Lipinski definition) is 6. The lowest BCUT2D eigenvalue weighted by molar-refractivity contribution is 0.397. The fourth-order valence-corrected chi connectivity index (χ4v) is 1.56. The van der Waals surface area contributed by atoms with Gasteiger partial charge in [0.2, 0.25) is 11.8 Å². The summed E-state index contributed by atoms with van der Waals surface area (Å²) in [6, 6.07) is 1.78. The van der Waals surface area contributed by atoms with E-state index >= 15 is 0 Å². The molecule has 7 nitrogen and oxygen atoms in total. The number of aromatic nitrogens is 5. The molecule has 0 unspecified atom stereocenters. The Morgan fingerprint density at radius 1 is 1.39 bits per heavy atom. The highest BCUT2D eigenvalue weighted by atomic mass is 16.5. The van der Waals surface area contributed by atoms with Gasteiger partial charge < -0.3 is 14.6 Å². The quantitative estimate of drug-likeness (QED) is 0.851. The van der Waals surface area contributed by atoms with Gasteiger partial charge in [-0.1, -0.05) is 0 Å². The Hall–Kier alpha value is -2.18. The summed E-state index contributed by atoms with van der Waals surface area (Å²) >= 11 is 0. The molecule has 0 spiro atoms. The molecule has 0 fully saturated rings. The van der Waals surface area contributed by atoms with E-state index < -0.39 is 0 Å². The summed E-state index contributed by atoms with van der Waals surface area (Å²) in [6.07, 6.45) is 1.70. The monoisotopic (exact) mass is 248 g/mol. The van der Waals surface area contributed by atoms with Crippen LogP contribution in [0.15, 0.2) is 12.4 Å². The second-order valence-electron chi connectivity index (χ2n) is 3.76. The summed E-state index contributed by atoms with van der Waals surface area (Å²) in [7, 11) is 1.58. The van der Waals surface area contributed by atoms with Crippen LogP contribution in [0.25, 0.3) is 0 Å². The first-order valence-corrected chi connectivity index (χ1v) is 5.73. The molecule has 18 heavy (non-hydrogen) atoms. The van der Waals surface area contributed by atoms with Crippen molar-refractivity contribution < 1.29 is 4.74 Å². The predicted octanol–water partition coefficient (Wildman–Crippen LogP) is 1.02. The van der Waals surface area contributed by atoms with E-state index in [1.165, 1.54) is 0 Å². The minimum Gasteiger partial charge on any atom is -0.481 e. The van der Waals surface area contributed by atoms with Crippen molar-refractivity contribution in [2.75, 3.05) is 12.4 Å². The number of anilines is 1. The van der Waals surface area contributed by atoms with E-state index in [1.807, 2.05) is 18.4 Å². The van der Waals surface area contributed by atoms with Crippen molar-refractivity contribution in [2.45, 2.75) is 26.9 Å². The van der Waals surface area contributed by atoms with E-state index in [2.05, 4.69) is 25.5 Å². The average Bonchev–Trinajstić information content (AvgIpc) is 2.83. The molecule has 0 atom stereocenters. The lowest BCUT2D eigenvalue weighted by atomic mass is 10.4. The standard InChI is InChI=1S/C11H16N6O/c1-4-17-7-13-16-9(17)6-12-11-14-8(2)5-10(15-11)18-3/h5,7H,4,6H2,1-3H3,(H,12,14,15). The number of hydrogen-bond donors (Lipinski definition) is 1. The van der Waals surface area contributed by atoms with E-state index in [4.69, 9.17) is 4.74 Å². The molecular weight excluding hydrogens is 232 g/mol. The highest BCUT2D eigenvalue weighted by molar-refractivity contribution is 5.30. The Morgan fingerprint density at radius 2 is 2.22 bits per heavy atom. The first-order valence-electron chi connectivity index (χ1n) is 5.73. The van der Waals surface area contributed by atoms with Gasteiger partial charge in [-0.05, 0) is 13.8 Å². The number of rotatable bonds is 5. The molecule has 0 saturated carbocycles. The topological polar surface area (TPSA) is 77.8 Å². The Morgan fingerprint density at radius 3 is 2.94 bits per heavy atom. The van der Waals surface area contributed by atoms with Crippen LogP contribution in [0.4, 0.5) is 5.95 Å². The summed E-state index contributed by atoms with van der Waals surface area (Å²) in [6.45, 7) is 5.30. The number of methoxy groups -OCH3 is 1. The molecule has 0 amide bonds. The van der Waals surface area contributed by atoms with Crippen molar-refractivity contribution in [3.8, 4) is 5.88 Å². The molecule has 7 heteroatoms. The van der Waals surface area contributed by atoms with Gasteiger partial charge in [0.05, 0.1) is 13.7 Å². The van der Waals surface area contributed by atoms with Crippen LogP contribution in [0.3, 0.4) is 0 Å². The number of nitrogens with one attached hydrogen (secondary N) is 1. The van der Waals surface area contributed by atoms with Gasteiger partial charge in [0.25, 0.3) is 0 Å². The Bertz CT molecular complexity index is 524. The number of nitrogens with zero attached hydrogens (tertiary/aromatic N) is 5. The summed E-state index contributed by atoms with van der Waals surface area (Å²) in [5, 5.41) is 11.0. The summed E-state index contributed by atoms with van der Waals surface area (Å²) in [5.74, 6) is 1.92. The third-order valence-corrected chi connectivity index (χ3v) is 2.48. The molecule has 96 valence electrons. The largest absolute Gasteiger partial charge is 0.481 e. The van der Waals surface area contributed by atoms with Crippen LogP contribution in [-0.2, 0) is 13.1 Å². The highest BCUT2D eigenvalue weighted by Gasteiger charge is 2.05. The van der Waals surface area contributed by atoms with Crippen molar-refractivity contribution in [3.63, 3.8) is 0 Å². The van der Waals surface area contributed by atoms with Crippen molar-refractivity contribution >= 4 is 5.95 Å². The molecule has 0 aromatic carbocycles. The van der Waals surface area contributed by atoms with Gasteiger partial charge in [-0.3, -0.25) is 0 Å². The van der Waals surface area contributed by atoms with E-state index in [-0.39, 0.29) is 0 Å². The summed E-state index contributed by atoms with van der Waals surface area (Å²) in [5.41, 5.74) is 0.848. The fraction of sp³-hybridized carbons (Fsp3) is 0.455. The SMILES string of the molecule is CCn1cnnc1CNc1nc(C)cc(OC)n1. The van der Waals surface area contributed by atoms with Crippen LogP contribution < -0.4 is 10.1 Å². The van der Waals surface area contributed by atoms with Crippen LogP contribution >= 0.6 is 0 Å². The Kier molecular flexibility index (Phi) is 3.71. The molecule has 2 aromatic rings. The predicted molar refractivity (Wildman–Crippen MR) is 66.3 cm³/mol. The number of aryl methyl sites for hydroxylation is 2. The molecule has 2 aromatic heterocycles. The third kappa shape index (κ3) is 2.73. The van der Waals surface area contributed by atoms with Gasteiger partial charge >= 0.3 is 0 Å². The molecule has 1 N–H and O–H groups in total. The molecule has 0 radical (unpaired) electrons. The molecule has 0 saturated heterocycles. The maximum absolute atomic E-state index is 5.09. The van der Waals surface area contributed by atoms with Crippen molar-refractivity contribution in [3.05, 3.63) is 23.9 Å². The van der Waals surface area contributed by atoms with Crippen molar-refractivity contribution in [1.29, 1.82) is 0 Å². The lowest BCUT2D eigenvalue weighted by Crippen LogP contribution is -2.10. The zero-order valence-electron chi connectivity index (χ0n) is 10.7. The Labute approximate surface area is 105 Å². The fourth-order valence-electron chi connectivity index (χ4n) is 1.56. The first kappa shape index (κ1) is 12.3. The third-order valence-electron chi connectivity index (χ3n) is 2.48. The van der Waals surface area contributed by atoms with Gasteiger partial charge in [0.1, 0.15) is 6.33 Å². The van der Waals surface area contributed by atoms with Gasteiger partial charge in [0, 0.05) is 18.3 Å². The van der Waals surface area contributed by atoms with Crippen LogP contribution in [0.2, 0.25) is 0 Å². The first-order chi connectivity index (χ1) is 8.72. The molecule has 0 aliphatic rings. The zero-order chi connectivity index (χ0) is 13.0. The van der Waals surface area contributed by atoms with E-state index in [9.17, 15) is 0 Å². The molecule has 0 bridgehead atoms. The summed E-state index contributed by atoms with van der Waals surface area (Å²) < 4.78 is 7.05. The normalized spacial score (nSPS) is 10.4. The van der Waals surface area contributed by atoms with Gasteiger partial charge in [-0.25, -0.2) is 4.98 Å². The van der Waals surface area contributed by atoms with E-state index in [0.717, 1.165) is 18.1 Å². The van der Waals surface area contributed by atoms with Gasteiger partial charge in [-0.2, -0.15) is 4.98 Å². The Balaban J connectivity index is 2.08. The second kappa shape index (κ2) is 5.44. The smallest absolute Gasteiger partial charge is 0.226 e. The summed E-state index contributed by atoms with van der Waals surface area (Å²) in [4.78, 5) is 8.48. The minimum atomic E-state index is 0.525. The molecular formula is C11H16N6O. The zero-order valence-corrected chi connectivity index (χ0v) is 10.7. The van der Waals surface area contributed by atoms with Crippen molar-refractivity contribution in [1.82, 2.24) is 24.7 Å². The average molecular weight is 248 g/mol. The molecule has 2 rings (SSSR count). The van der Waals surface area contributed by atoms with Crippen LogP contribution in [0.5, 0.6) is 5.88 Å². The van der Waals surface area contributed by atoms with Gasteiger partial charge in [-0.15, -0.1) is 10.2 Å². The van der Waals surface area contributed by atoms with E-state index in [1.54, 1.807) is 19.5 Å².